The Morgan fingerprint density at radius 1 is 1.00 bits per heavy atom. The summed E-state index contributed by atoms with van der Waals surface area (Å²) in [4.78, 5) is 0. The zero-order chi connectivity index (χ0) is 11.1. The van der Waals surface area contributed by atoms with Crippen molar-refractivity contribution < 1.29 is 9.47 Å². The molecule has 0 aliphatic rings. The van der Waals surface area contributed by atoms with Gasteiger partial charge in [-0.1, -0.05) is 6.07 Å². The molecular weight excluding hydrogens is 303 g/mol. The van der Waals surface area contributed by atoms with E-state index in [1.165, 1.54) is 0 Å². The predicted octanol–water partition coefficient (Wildman–Crippen LogP) is 3.68. The van der Waals surface area contributed by atoms with E-state index in [1.807, 2.05) is 18.2 Å². The second-order valence-electron chi connectivity index (χ2n) is 2.64. The summed E-state index contributed by atoms with van der Waals surface area (Å²) in [6, 6.07) is 5.56. The zero-order valence-electron chi connectivity index (χ0n) is 8.01. The molecule has 0 heterocycles. The first-order valence-corrected chi connectivity index (χ1v) is 6.32. The number of hydrogen-bond acceptors (Lipinski definition) is 2. The number of ether oxygens (including phenoxy) is 2. The molecule has 1 aromatic carbocycles. The van der Waals surface area contributed by atoms with Gasteiger partial charge in [0.05, 0.1) is 11.8 Å². The Hall–Kier alpha value is -0.120. The highest BCUT2D eigenvalue weighted by atomic mass is 79.9. The van der Waals surface area contributed by atoms with Gasteiger partial charge in [0.2, 0.25) is 0 Å². The molecule has 0 amide bonds. The third-order valence-corrected chi connectivity index (χ3v) is 2.69. The van der Waals surface area contributed by atoms with Crippen molar-refractivity contribution in [1.29, 1.82) is 0 Å². The van der Waals surface area contributed by atoms with Crippen LogP contribution >= 0.6 is 39.1 Å². The normalized spacial score (nSPS) is 10.1. The maximum Gasteiger partial charge on any atom is 0.137 e. The molecule has 0 saturated carbocycles. The first-order valence-electron chi connectivity index (χ1n) is 4.45. The lowest BCUT2D eigenvalue weighted by molar-refractivity contribution is 0.321. The van der Waals surface area contributed by atoms with E-state index in [-0.39, 0.29) is 0 Å². The molecular formula is C10H11BrCl2O2. The molecule has 0 N–H and O–H groups in total. The van der Waals surface area contributed by atoms with Gasteiger partial charge in [-0.3, -0.25) is 0 Å². The van der Waals surface area contributed by atoms with Crippen molar-refractivity contribution in [1.82, 2.24) is 0 Å². The molecule has 0 atom stereocenters. The van der Waals surface area contributed by atoms with Crippen molar-refractivity contribution in [2.75, 3.05) is 25.0 Å². The Morgan fingerprint density at radius 2 is 1.47 bits per heavy atom. The minimum absolute atomic E-state index is 0.458. The van der Waals surface area contributed by atoms with Crippen LogP contribution in [-0.4, -0.2) is 25.0 Å². The molecule has 84 valence electrons. The fourth-order valence-corrected chi connectivity index (χ4v) is 1.66. The van der Waals surface area contributed by atoms with Crippen molar-refractivity contribution in [3.05, 3.63) is 22.7 Å². The van der Waals surface area contributed by atoms with Crippen molar-refractivity contribution >= 4 is 39.1 Å². The number of hydrogen-bond donors (Lipinski definition) is 0. The van der Waals surface area contributed by atoms with Crippen LogP contribution in [0.1, 0.15) is 0 Å². The SMILES string of the molecule is ClCCOc1cccc(OCCCl)c1Br. The second kappa shape index (κ2) is 7.20. The molecule has 5 heteroatoms. The fourth-order valence-electron chi connectivity index (χ4n) is 1.01. The zero-order valence-corrected chi connectivity index (χ0v) is 11.1. The average Bonchev–Trinajstić information content (AvgIpc) is 2.26. The summed E-state index contributed by atoms with van der Waals surface area (Å²) in [6.07, 6.45) is 0. The van der Waals surface area contributed by atoms with Gasteiger partial charge in [-0.15, -0.1) is 23.2 Å². The van der Waals surface area contributed by atoms with Gasteiger partial charge in [-0.2, -0.15) is 0 Å². The molecule has 15 heavy (non-hydrogen) atoms. The van der Waals surface area contributed by atoms with E-state index >= 15 is 0 Å². The molecule has 1 aromatic rings. The van der Waals surface area contributed by atoms with Gasteiger partial charge in [-0.05, 0) is 28.1 Å². The summed E-state index contributed by atoms with van der Waals surface area (Å²) < 4.78 is 11.6. The fraction of sp³-hybridized carbons (Fsp3) is 0.400. The summed E-state index contributed by atoms with van der Waals surface area (Å²) in [5.41, 5.74) is 0. The highest BCUT2D eigenvalue weighted by Crippen LogP contribution is 2.34. The van der Waals surface area contributed by atoms with Crippen LogP contribution in [0.4, 0.5) is 0 Å². The third-order valence-electron chi connectivity index (χ3n) is 1.60. The van der Waals surface area contributed by atoms with Crippen LogP contribution in [0.3, 0.4) is 0 Å². The van der Waals surface area contributed by atoms with Gasteiger partial charge < -0.3 is 9.47 Å². The Kier molecular flexibility index (Phi) is 6.22. The Bertz CT molecular complexity index is 281. The summed E-state index contributed by atoms with van der Waals surface area (Å²) in [7, 11) is 0. The van der Waals surface area contributed by atoms with Crippen LogP contribution in [0.5, 0.6) is 11.5 Å². The molecule has 0 fully saturated rings. The van der Waals surface area contributed by atoms with Crippen LogP contribution in [0.25, 0.3) is 0 Å². The van der Waals surface area contributed by atoms with Gasteiger partial charge in [0, 0.05) is 0 Å². The highest BCUT2D eigenvalue weighted by Gasteiger charge is 2.07. The van der Waals surface area contributed by atoms with E-state index in [0.717, 1.165) is 16.0 Å². The molecule has 0 unspecified atom stereocenters. The van der Waals surface area contributed by atoms with Gasteiger partial charge in [0.25, 0.3) is 0 Å². The van der Waals surface area contributed by atoms with E-state index in [1.54, 1.807) is 0 Å². The minimum atomic E-state index is 0.458. The van der Waals surface area contributed by atoms with E-state index in [0.29, 0.717) is 25.0 Å². The molecule has 0 bridgehead atoms. The molecule has 1 rings (SSSR count). The molecule has 0 aliphatic heterocycles. The van der Waals surface area contributed by atoms with Crippen LogP contribution in [-0.2, 0) is 0 Å². The van der Waals surface area contributed by atoms with E-state index in [9.17, 15) is 0 Å². The van der Waals surface area contributed by atoms with Crippen LogP contribution < -0.4 is 9.47 Å². The lowest BCUT2D eigenvalue weighted by Gasteiger charge is -2.11. The number of alkyl halides is 2. The summed E-state index contributed by atoms with van der Waals surface area (Å²) in [5.74, 6) is 2.36. The highest BCUT2D eigenvalue weighted by molar-refractivity contribution is 9.10. The van der Waals surface area contributed by atoms with Gasteiger partial charge in [0.15, 0.2) is 0 Å². The second-order valence-corrected chi connectivity index (χ2v) is 4.19. The van der Waals surface area contributed by atoms with Crippen molar-refractivity contribution in [2.45, 2.75) is 0 Å². The van der Waals surface area contributed by atoms with E-state index in [2.05, 4.69) is 15.9 Å². The average molecular weight is 314 g/mol. The number of halogens is 3. The molecule has 0 aromatic heterocycles. The largest absolute Gasteiger partial charge is 0.491 e. The van der Waals surface area contributed by atoms with Gasteiger partial charge >= 0.3 is 0 Å². The first-order chi connectivity index (χ1) is 7.29. The molecule has 0 aliphatic carbocycles. The third kappa shape index (κ3) is 4.09. The van der Waals surface area contributed by atoms with Crippen molar-refractivity contribution in [3.63, 3.8) is 0 Å². The predicted molar refractivity (Wildman–Crippen MR) is 66.6 cm³/mol. The lowest BCUT2D eigenvalue weighted by atomic mass is 10.3. The summed E-state index contributed by atoms with van der Waals surface area (Å²) in [5, 5.41) is 0. The standard InChI is InChI=1S/C10H11BrCl2O2/c11-10-8(14-6-4-12)2-1-3-9(10)15-7-5-13/h1-3H,4-7H2. The van der Waals surface area contributed by atoms with Crippen LogP contribution in [0, 0.1) is 0 Å². The first kappa shape index (κ1) is 12.9. The molecule has 0 saturated heterocycles. The molecule has 0 radical (unpaired) electrons. The number of benzene rings is 1. The Balaban J connectivity index is 2.71. The van der Waals surface area contributed by atoms with Gasteiger partial charge in [-0.25, -0.2) is 0 Å². The van der Waals surface area contributed by atoms with E-state index in [4.69, 9.17) is 32.7 Å². The van der Waals surface area contributed by atoms with Crippen molar-refractivity contribution in [2.24, 2.45) is 0 Å². The number of rotatable bonds is 6. The van der Waals surface area contributed by atoms with Gasteiger partial charge in [0.1, 0.15) is 29.2 Å². The lowest BCUT2D eigenvalue weighted by Crippen LogP contribution is -2.02. The maximum atomic E-state index is 5.54. The minimum Gasteiger partial charge on any atom is -0.491 e. The van der Waals surface area contributed by atoms with Crippen LogP contribution in [0.15, 0.2) is 22.7 Å². The smallest absolute Gasteiger partial charge is 0.137 e. The monoisotopic (exact) mass is 312 g/mol. The topological polar surface area (TPSA) is 18.5 Å². The Labute approximate surface area is 108 Å². The Morgan fingerprint density at radius 3 is 1.87 bits per heavy atom. The van der Waals surface area contributed by atoms with E-state index < -0.39 is 0 Å². The van der Waals surface area contributed by atoms with Crippen molar-refractivity contribution in [3.8, 4) is 11.5 Å². The quantitative estimate of drug-likeness (QED) is 0.746. The summed E-state index contributed by atoms with van der Waals surface area (Å²) in [6.45, 7) is 0.943. The summed E-state index contributed by atoms with van der Waals surface area (Å²) >= 11 is 14.5. The molecule has 0 spiro atoms. The maximum absolute atomic E-state index is 5.54. The van der Waals surface area contributed by atoms with Crippen LogP contribution in [0.2, 0.25) is 0 Å². The molecule has 2 nitrogen and oxygen atoms in total.